The molecule has 0 radical (unpaired) electrons. The fraction of sp³-hybridized carbons (Fsp3) is 0.250. The van der Waals surface area contributed by atoms with Gasteiger partial charge in [-0.25, -0.2) is 0 Å². The van der Waals surface area contributed by atoms with Gasteiger partial charge in [-0.3, -0.25) is 0 Å². The minimum absolute atomic E-state index is 0.683. The van der Waals surface area contributed by atoms with E-state index in [1.165, 1.54) is 33.8 Å². The summed E-state index contributed by atoms with van der Waals surface area (Å²) >= 11 is 0. The van der Waals surface area contributed by atoms with Crippen molar-refractivity contribution in [2.75, 3.05) is 13.1 Å². The fourth-order valence-electron chi connectivity index (χ4n) is 3.06. The molecule has 1 unspecified atom stereocenters. The van der Waals surface area contributed by atoms with Crippen molar-refractivity contribution in [1.29, 1.82) is 0 Å². The normalized spacial score (nSPS) is 19.9. The molecule has 0 amide bonds. The highest BCUT2D eigenvalue weighted by Gasteiger charge is 2.17. The highest BCUT2D eigenvalue weighted by Crippen LogP contribution is 2.30. The van der Waals surface area contributed by atoms with Crippen LogP contribution in [0, 0.1) is 0 Å². The van der Waals surface area contributed by atoms with Crippen molar-refractivity contribution in [3.8, 4) is 0 Å². The number of aromatic amines is 1. The van der Waals surface area contributed by atoms with Gasteiger partial charge in [0.2, 0.25) is 0 Å². The maximum Gasteiger partial charge on any atom is 0.0465 e. The molecule has 0 aliphatic carbocycles. The Morgan fingerprint density at radius 2 is 1.83 bits per heavy atom. The molecule has 1 aliphatic heterocycles. The van der Waals surface area contributed by atoms with Gasteiger partial charge in [0.15, 0.2) is 0 Å². The number of rotatable bonds is 1. The summed E-state index contributed by atoms with van der Waals surface area (Å²) in [5, 5.41) is 6.13. The Balaban J connectivity index is 1.94. The topological polar surface area (TPSA) is 27.8 Å². The second-order valence-electron chi connectivity index (χ2n) is 5.17. The molecule has 2 heterocycles. The lowest BCUT2D eigenvalue weighted by Gasteiger charge is -2.08. The Bertz CT molecular complexity index is 705. The van der Waals surface area contributed by atoms with E-state index in [0.29, 0.717) is 5.92 Å². The van der Waals surface area contributed by atoms with Gasteiger partial charge in [-0.05, 0) is 42.6 Å². The highest BCUT2D eigenvalue weighted by molar-refractivity contribution is 6.07. The van der Waals surface area contributed by atoms with Crippen molar-refractivity contribution in [2.45, 2.75) is 12.3 Å². The number of benzene rings is 2. The molecule has 0 saturated carbocycles. The zero-order valence-corrected chi connectivity index (χ0v) is 10.2. The van der Waals surface area contributed by atoms with Crippen LogP contribution in [0.15, 0.2) is 42.5 Å². The SMILES string of the molecule is c1ccc2c(c1)[nH]c1ccc(C3CCNC3)cc12. The minimum Gasteiger partial charge on any atom is -0.355 e. The van der Waals surface area contributed by atoms with Gasteiger partial charge in [0.25, 0.3) is 0 Å². The molecule has 1 atom stereocenters. The average Bonchev–Trinajstić information content (AvgIpc) is 3.05. The largest absolute Gasteiger partial charge is 0.355 e. The van der Waals surface area contributed by atoms with Gasteiger partial charge >= 0.3 is 0 Å². The molecule has 4 rings (SSSR count). The zero-order chi connectivity index (χ0) is 11.9. The van der Waals surface area contributed by atoms with Crippen LogP contribution in [0.5, 0.6) is 0 Å². The predicted octanol–water partition coefficient (Wildman–Crippen LogP) is 3.40. The molecule has 2 nitrogen and oxygen atoms in total. The smallest absolute Gasteiger partial charge is 0.0465 e. The molecule has 3 aromatic rings. The lowest BCUT2D eigenvalue weighted by Crippen LogP contribution is -2.07. The lowest BCUT2D eigenvalue weighted by molar-refractivity contribution is 0.765. The maximum absolute atomic E-state index is 3.48. The highest BCUT2D eigenvalue weighted by atomic mass is 14.9. The van der Waals surface area contributed by atoms with Gasteiger partial charge in [0.1, 0.15) is 0 Å². The van der Waals surface area contributed by atoms with E-state index >= 15 is 0 Å². The standard InChI is InChI=1S/C16H16N2/c1-2-4-15-13(3-1)14-9-11(5-6-16(14)18-15)12-7-8-17-10-12/h1-6,9,12,17-18H,7-8,10H2. The Labute approximate surface area is 106 Å². The van der Waals surface area contributed by atoms with E-state index in [9.17, 15) is 0 Å². The van der Waals surface area contributed by atoms with Crippen molar-refractivity contribution in [3.05, 3.63) is 48.0 Å². The molecule has 18 heavy (non-hydrogen) atoms. The van der Waals surface area contributed by atoms with Gasteiger partial charge in [0.05, 0.1) is 0 Å². The maximum atomic E-state index is 3.48. The summed E-state index contributed by atoms with van der Waals surface area (Å²) in [4.78, 5) is 3.48. The van der Waals surface area contributed by atoms with Crippen molar-refractivity contribution < 1.29 is 0 Å². The van der Waals surface area contributed by atoms with Crippen LogP contribution >= 0.6 is 0 Å². The number of hydrogen-bond donors (Lipinski definition) is 2. The van der Waals surface area contributed by atoms with E-state index in [1.54, 1.807) is 0 Å². The van der Waals surface area contributed by atoms with E-state index in [1.807, 2.05) is 0 Å². The monoisotopic (exact) mass is 236 g/mol. The number of fused-ring (bicyclic) bond motifs is 3. The zero-order valence-electron chi connectivity index (χ0n) is 10.2. The summed E-state index contributed by atoms with van der Waals surface area (Å²) in [5.41, 5.74) is 3.94. The molecular formula is C16H16N2. The Morgan fingerprint density at radius 1 is 0.944 bits per heavy atom. The van der Waals surface area contributed by atoms with Crippen LogP contribution in [0.3, 0.4) is 0 Å². The van der Waals surface area contributed by atoms with Gasteiger partial charge in [-0.1, -0.05) is 24.3 Å². The number of para-hydroxylation sites is 1. The summed E-state index contributed by atoms with van der Waals surface area (Å²) in [6.07, 6.45) is 1.26. The van der Waals surface area contributed by atoms with Crippen LogP contribution in [0.1, 0.15) is 17.9 Å². The quantitative estimate of drug-likeness (QED) is 0.666. The summed E-state index contributed by atoms with van der Waals surface area (Å²) in [5.74, 6) is 0.683. The van der Waals surface area contributed by atoms with Crippen LogP contribution in [-0.4, -0.2) is 18.1 Å². The first-order valence-corrected chi connectivity index (χ1v) is 6.63. The first kappa shape index (κ1) is 10.2. The fourth-order valence-corrected chi connectivity index (χ4v) is 3.06. The van der Waals surface area contributed by atoms with Gasteiger partial charge < -0.3 is 10.3 Å². The molecule has 1 saturated heterocycles. The molecule has 2 heteroatoms. The molecule has 0 spiro atoms. The number of hydrogen-bond acceptors (Lipinski definition) is 1. The minimum atomic E-state index is 0.683. The van der Waals surface area contributed by atoms with Crippen molar-refractivity contribution in [2.24, 2.45) is 0 Å². The van der Waals surface area contributed by atoms with Crippen LogP contribution in [0.2, 0.25) is 0 Å². The number of nitrogens with one attached hydrogen (secondary N) is 2. The second kappa shape index (κ2) is 3.85. The molecular weight excluding hydrogens is 220 g/mol. The van der Waals surface area contributed by atoms with Crippen LogP contribution < -0.4 is 5.32 Å². The van der Waals surface area contributed by atoms with Crippen LogP contribution in [0.4, 0.5) is 0 Å². The predicted molar refractivity (Wildman–Crippen MR) is 76.0 cm³/mol. The van der Waals surface area contributed by atoms with E-state index in [0.717, 1.165) is 13.1 Å². The number of H-pyrrole nitrogens is 1. The molecule has 1 aromatic heterocycles. The first-order valence-electron chi connectivity index (χ1n) is 6.63. The van der Waals surface area contributed by atoms with Crippen molar-refractivity contribution >= 4 is 21.8 Å². The molecule has 1 fully saturated rings. The summed E-state index contributed by atoms with van der Waals surface area (Å²) in [6, 6.07) is 15.4. The average molecular weight is 236 g/mol. The summed E-state index contributed by atoms with van der Waals surface area (Å²) in [6.45, 7) is 2.27. The van der Waals surface area contributed by atoms with Crippen LogP contribution in [0.25, 0.3) is 21.8 Å². The van der Waals surface area contributed by atoms with E-state index in [4.69, 9.17) is 0 Å². The van der Waals surface area contributed by atoms with Gasteiger partial charge in [-0.2, -0.15) is 0 Å². The van der Waals surface area contributed by atoms with E-state index < -0.39 is 0 Å². The number of aromatic nitrogens is 1. The van der Waals surface area contributed by atoms with Crippen molar-refractivity contribution in [1.82, 2.24) is 10.3 Å². The third-order valence-electron chi connectivity index (χ3n) is 4.06. The van der Waals surface area contributed by atoms with E-state index in [-0.39, 0.29) is 0 Å². The summed E-state index contributed by atoms with van der Waals surface area (Å²) < 4.78 is 0. The van der Waals surface area contributed by atoms with Gasteiger partial charge in [-0.15, -0.1) is 0 Å². The van der Waals surface area contributed by atoms with Gasteiger partial charge in [0, 0.05) is 28.4 Å². The van der Waals surface area contributed by atoms with Crippen LogP contribution in [-0.2, 0) is 0 Å². The Morgan fingerprint density at radius 3 is 2.72 bits per heavy atom. The first-order chi connectivity index (χ1) is 8.92. The summed E-state index contributed by atoms with van der Waals surface area (Å²) in [7, 11) is 0. The third kappa shape index (κ3) is 1.46. The van der Waals surface area contributed by atoms with Crippen molar-refractivity contribution in [3.63, 3.8) is 0 Å². The lowest BCUT2D eigenvalue weighted by atomic mass is 9.96. The molecule has 1 aliphatic rings. The molecule has 0 bridgehead atoms. The second-order valence-corrected chi connectivity index (χ2v) is 5.17. The molecule has 2 N–H and O–H groups in total. The third-order valence-corrected chi connectivity index (χ3v) is 4.06. The Hall–Kier alpha value is -1.80. The Kier molecular flexibility index (Phi) is 2.17. The molecule has 90 valence electrons. The van der Waals surface area contributed by atoms with E-state index in [2.05, 4.69) is 52.8 Å². The molecule has 2 aromatic carbocycles.